The Bertz CT molecular complexity index is 1940. The standard InChI is InChI=1S/C80H156O17P2/c1-9-72(7)58-50-42-34-28-24-25-31-37-47-55-63-80(85)96-75(66-90-77(82)60-52-44-35-29-22-19-15-17-21-27-33-41-49-57-71(5)6)68-94-98(86,87)92-64-74(81)65-93-99(88,89)95-69-76(67-91-78(83)61-53-45-39-38-43-51-59-73(8)10-2)97-79(84)62-54-46-36-30-23-18-14-12-11-13-16-20-26-32-40-48-56-70(3)4/h70-76,81H,9-69H2,1-8H3,(H,86,87)(H,88,89)/t72?,73?,74-,75-,76-/m1/s1. The van der Waals surface area contributed by atoms with E-state index in [2.05, 4.69) is 55.4 Å². The van der Waals surface area contributed by atoms with E-state index in [4.69, 9.17) is 37.0 Å². The predicted octanol–water partition coefficient (Wildman–Crippen LogP) is 23.6. The molecule has 7 atom stereocenters. The first-order valence-electron chi connectivity index (χ1n) is 41.3. The van der Waals surface area contributed by atoms with Gasteiger partial charge in [-0.05, 0) is 49.4 Å². The summed E-state index contributed by atoms with van der Waals surface area (Å²) < 4.78 is 68.7. The van der Waals surface area contributed by atoms with E-state index in [1.54, 1.807) is 0 Å². The highest BCUT2D eigenvalue weighted by atomic mass is 31.2. The summed E-state index contributed by atoms with van der Waals surface area (Å²) in [5.41, 5.74) is 0. The van der Waals surface area contributed by atoms with E-state index in [1.807, 2.05) is 0 Å². The fourth-order valence-electron chi connectivity index (χ4n) is 12.2. The summed E-state index contributed by atoms with van der Waals surface area (Å²) in [6.45, 7) is 14.3. The van der Waals surface area contributed by atoms with E-state index in [1.165, 1.54) is 205 Å². The van der Waals surface area contributed by atoms with Gasteiger partial charge in [-0.1, -0.05) is 357 Å². The summed E-state index contributed by atoms with van der Waals surface area (Å²) in [4.78, 5) is 73.0. The second kappa shape index (κ2) is 69.1. The van der Waals surface area contributed by atoms with Gasteiger partial charge >= 0.3 is 39.5 Å². The molecule has 588 valence electrons. The summed E-state index contributed by atoms with van der Waals surface area (Å²) in [7, 11) is -9.92. The lowest BCUT2D eigenvalue weighted by Gasteiger charge is -2.21. The maximum Gasteiger partial charge on any atom is 0.472 e. The first-order valence-corrected chi connectivity index (χ1v) is 44.3. The van der Waals surface area contributed by atoms with Crippen LogP contribution in [0.5, 0.6) is 0 Å². The lowest BCUT2D eigenvalue weighted by molar-refractivity contribution is -0.161. The summed E-state index contributed by atoms with van der Waals surface area (Å²) in [6, 6.07) is 0. The zero-order valence-electron chi connectivity index (χ0n) is 65.1. The minimum Gasteiger partial charge on any atom is -0.462 e. The lowest BCUT2D eigenvalue weighted by atomic mass is 9.99. The molecule has 0 amide bonds. The first-order chi connectivity index (χ1) is 47.7. The third-order valence-corrected chi connectivity index (χ3v) is 21.2. The van der Waals surface area contributed by atoms with Crippen molar-refractivity contribution < 1.29 is 80.2 Å². The number of ether oxygens (including phenoxy) is 4. The van der Waals surface area contributed by atoms with Crippen LogP contribution in [0.2, 0.25) is 0 Å². The Morgan fingerprint density at radius 1 is 0.283 bits per heavy atom. The molecule has 0 aromatic heterocycles. The molecule has 0 radical (unpaired) electrons. The Morgan fingerprint density at radius 3 is 0.717 bits per heavy atom. The fourth-order valence-corrected chi connectivity index (χ4v) is 13.8. The number of carbonyl (C=O) groups is 4. The van der Waals surface area contributed by atoms with E-state index in [-0.39, 0.29) is 25.7 Å². The molecule has 19 heteroatoms. The van der Waals surface area contributed by atoms with Gasteiger partial charge in [-0.25, -0.2) is 9.13 Å². The van der Waals surface area contributed by atoms with Gasteiger partial charge in [-0.2, -0.15) is 0 Å². The normalized spacial score (nSPS) is 14.6. The van der Waals surface area contributed by atoms with Gasteiger partial charge in [0.15, 0.2) is 12.2 Å². The van der Waals surface area contributed by atoms with Crippen molar-refractivity contribution in [2.24, 2.45) is 23.7 Å². The molecule has 0 aromatic rings. The van der Waals surface area contributed by atoms with E-state index >= 15 is 0 Å². The van der Waals surface area contributed by atoms with Gasteiger partial charge in [0, 0.05) is 25.7 Å². The molecule has 0 aliphatic carbocycles. The molecule has 0 saturated carbocycles. The van der Waals surface area contributed by atoms with Gasteiger partial charge in [0.25, 0.3) is 0 Å². The van der Waals surface area contributed by atoms with Gasteiger partial charge < -0.3 is 33.8 Å². The van der Waals surface area contributed by atoms with Crippen molar-refractivity contribution in [3.8, 4) is 0 Å². The zero-order chi connectivity index (χ0) is 73.1. The molecular formula is C80H156O17P2. The largest absolute Gasteiger partial charge is 0.472 e. The molecule has 4 unspecified atom stereocenters. The molecule has 0 bridgehead atoms. The second-order valence-electron chi connectivity index (χ2n) is 30.2. The Balaban J connectivity index is 5.24. The number of carbonyl (C=O) groups excluding carboxylic acids is 4. The molecular weight excluding hydrogens is 1290 g/mol. The maximum absolute atomic E-state index is 13.1. The monoisotopic (exact) mass is 1450 g/mol. The third-order valence-electron chi connectivity index (χ3n) is 19.3. The van der Waals surface area contributed by atoms with Crippen LogP contribution in [0.25, 0.3) is 0 Å². The van der Waals surface area contributed by atoms with Crippen LogP contribution in [0.3, 0.4) is 0 Å². The zero-order valence-corrected chi connectivity index (χ0v) is 66.9. The van der Waals surface area contributed by atoms with Gasteiger partial charge in [-0.3, -0.25) is 37.3 Å². The van der Waals surface area contributed by atoms with E-state index in [0.29, 0.717) is 25.7 Å². The average molecular weight is 1450 g/mol. The molecule has 3 N–H and O–H groups in total. The summed E-state index contributed by atoms with van der Waals surface area (Å²) in [5, 5.41) is 10.6. The molecule has 0 aliphatic heterocycles. The van der Waals surface area contributed by atoms with Crippen molar-refractivity contribution in [1.29, 1.82) is 0 Å². The minimum absolute atomic E-state index is 0.106. The van der Waals surface area contributed by atoms with Crippen LogP contribution in [-0.4, -0.2) is 96.7 Å². The van der Waals surface area contributed by atoms with Gasteiger partial charge in [0.2, 0.25) is 0 Å². The number of unbranched alkanes of at least 4 members (excludes halogenated alkanes) is 41. The maximum atomic E-state index is 13.1. The van der Waals surface area contributed by atoms with E-state index < -0.39 is 97.5 Å². The van der Waals surface area contributed by atoms with E-state index in [0.717, 1.165) is 120 Å². The van der Waals surface area contributed by atoms with Crippen LogP contribution in [-0.2, 0) is 65.4 Å². The number of aliphatic hydroxyl groups excluding tert-OH is 1. The molecule has 0 fully saturated rings. The topological polar surface area (TPSA) is 237 Å². The molecule has 0 saturated heterocycles. The van der Waals surface area contributed by atoms with Gasteiger partial charge in [0.1, 0.15) is 19.3 Å². The van der Waals surface area contributed by atoms with Crippen molar-refractivity contribution >= 4 is 39.5 Å². The quantitative estimate of drug-likeness (QED) is 0.0222. The molecule has 0 aliphatic rings. The van der Waals surface area contributed by atoms with Crippen molar-refractivity contribution in [1.82, 2.24) is 0 Å². The van der Waals surface area contributed by atoms with Crippen LogP contribution in [0.4, 0.5) is 0 Å². The number of rotatable bonds is 77. The SMILES string of the molecule is CCC(C)CCCCCCCCCCCCC(=O)O[C@H](COC(=O)CCCCCCCCCCCCCCCC(C)C)COP(=O)(O)OC[C@@H](O)COP(=O)(O)OC[C@@H](COC(=O)CCCCCCCCC(C)CC)OC(=O)CCCCCCCCCCCCCCCCCCC(C)C. The first kappa shape index (κ1) is 97.1. The number of esters is 4. The highest BCUT2D eigenvalue weighted by molar-refractivity contribution is 7.47. The van der Waals surface area contributed by atoms with Crippen molar-refractivity contribution in [2.45, 2.75) is 427 Å². The predicted molar refractivity (Wildman–Crippen MR) is 404 cm³/mol. The van der Waals surface area contributed by atoms with Crippen molar-refractivity contribution in [3.05, 3.63) is 0 Å². The second-order valence-corrected chi connectivity index (χ2v) is 33.1. The van der Waals surface area contributed by atoms with Crippen molar-refractivity contribution in [3.63, 3.8) is 0 Å². The van der Waals surface area contributed by atoms with Gasteiger partial charge in [0.05, 0.1) is 26.4 Å². The fraction of sp³-hybridized carbons (Fsp3) is 0.950. The van der Waals surface area contributed by atoms with Crippen LogP contribution in [0.15, 0.2) is 0 Å². The smallest absolute Gasteiger partial charge is 0.462 e. The lowest BCUT2D eigenvalue weighted by Crippen LogP contribution is -2.30. The Morgan fingerprint density at radius 2 is 0.485 bits per heavy atom. The molecule has 17 nitrogen and oxygen atoms in total. The number of aliphatic hydroxyl groups is 1. The van der Waals surface area contributed by atoms with E-state index in [9.17, 15) is 43.2 Å². The number of hydrogen-bond donors (Lipinski definition) is 3. The average Bonchev–Trinajstić information content (AvgIpc) is 1.38. The molecule has 0 heterocycles. The number of hydrogen-bond acceptors (Lipinski definition) is 15. The molecule has 0 rings (SSSR count). The van der Waals surface area contributed by atoms with Crippen LogP contribution >= 0.6 is 15.6 Å². The summed E-state index contributed by atoms with van der Waals surface area (Å²) in [6.07, 6.45) is 55.4. The highest BCUT2D eigenvalue weighted by Crippen LogP contribution is 2.45. The van der Waals surface area contributed by atoms with Crippen LogP contribution < -0.4 is 0 Å². The van der Waals surface area contributed by atoms with Crippen molar-refractivity contribution in [2.75, 3.05) is 39.6 Å². The molecule has 99 heavy (non-hydrogen) atoms. The Labute approximate surface area is 607 Å². The Kier molecular flexibility index (Phi) is 67.8. The van der Waals surface area contributed by atoms with Gasteiger partial charge in [-0.15, -0.1) is 0 Å². The molecule has 0 spiro atoms. The summed E-state index contributed by atoms with van der Waals surface area (Å²) >= 11 is 0. The third kappa shape index (κ3) is 71.5. The van der Waals surface area contributed by atoms with Crippen LogP contribution in [0, 0.1) is 23.7 Å². The molecule has 0 aromatic carbocycles. The number of phosphoric ester groups is 2. The number of phosphoric acid groups is 2. The highest BCUT2D eigenvalue weighted by Gasteiger charge is 2.30. The Hall–Kier alpha value is -1.94. The van der Waals surface area contributed by atoms with Crippen LogP contribution in [0.1, 0.15) is 409 Å². The minimum atomic E-state index is -4.96. The summed E-state index contributed by atoms with van der Waals surface area (Å²) in [5.74, 6) is 1.02.